The number of benzene rings is 2. The van der Waals surface area contributed by atoms with E-state index in [9.17, 15) is 14.7 Å². The van der Waals surface area contributed by atoms with Crippen LogP contribution in [0.2, 0.25) is 0 Å². The first-order chi connectivity index (χ1) is 13.0. The SMILES string of the molecule is COC(=O)c1ccc2c(c1)NCCN2C(=O)C=Cc1ccc(OC)c(O)c1. The van der Waals surface area contributed by atoms with Crippen LogP contribution < -0.4 is 15.0 Å². The highest BCUT2D eigenvalue weighted by Gasteiger charge is 2.22. The molecule has 7 nitrogen and oxygen atoms in total. The molecule has 0 saturated heterocycles. The minimum absolute atomic E-state index is 0.00922. The van der Waals surface area contributed by atoms with Crippen LogP contribution in [0.5, 0.6) is 11.5 Å². The van der Waals surface area contributed by atoms with Crippen molar-refractivity contribution < 1.29 is 24.2 Å². The zero-order chi connectivity index (χ0) is 19.4. The van der Waals surface area contributed by atoms with Gasteiger partial charge in [-0.3, -0.25) is 4.79 Å². The summed E-state index contributed by atoms with van der Waals surface area (Å²) in [6, 6.07) is 9.93. The molecule has 1 amide bonds. The first-order valence-corrected chi connectivity index (χ1v) is 8.36. The number of rotatable bonds is 4. The molecule has 140 valence electrons. The molecule has 2 aromatic carbocycles. The summed E-state index contributed by atoms with van der Waals surface area (Å²) in [6.07, 6.45) is 3.08. The van der Waals surface area contributed by atoms with E-state index >= 15 is 0 Å². The van der Waals surface area contributed by atoms with Crippen LogP contribution in [0.25, 0.3) is 6.08 Å². The quantitative estimate of drug-likeness (QED) is 0.637. The highest BCUT2D eigenvalue weighted by atomic mass is 16.5. The normalized spacial score (nSPS) is 13.0. The highest BCUT2D eigenvalue weighted by molar-refractivity contribution is 6.07. The van der Waals surface area contributed by atoms with E-state index in [1.807, 2.05) is 0 Å². The Morgan fingerprint density at radius 1 is 1.19 bits per heavy atom. The smallest absolute Gasteiger partial charge is 0.337 e. The third kappa shape index (κ3) is 3.87. The van der Waals surface area contributed by atoms with Gasteiger partial charge in [0, 0.05) is 19.2 Å². The molecule has 1 aliphatic heterocycles. The fourth-order valence-electron chi connectivity index (χ4n) is 2.88. The lowest BCUT2D eigenvalue weighted by Gasteiger charge is -2.29. The number of esters is 1. The summed E-state index contributed by atoms with van der Waals surface area (Å²) in [5.41, 5.74) is 2.49. The van der Waals surface area contributed by atoms with Crippen LogP contribution in [0.15, 0.2) is 42.5 Å². The molecule has 7 heteroatoms. The third-order valence-electron chi connectivity index (χ3n) is 4.25. The summed E-state index contributed by atoms with van der Waals surface area (Å²) in [7, 11) is 2.80. The van der Waals surface area contributed by atoms with Crippen LogP contribution in [-0.2, 0) is 9.53 Å². The summed E-state index contributed by atoms with van der Waals surface area (Å²) in [5.74, 6) is -0.244. The summed E-state index contributed by atoms with van der Waals surface area (Å²) >= 11 is 0. The maximum absolute atomic E-state index is 12.6. The topological polar surface area (TPSA) is 88.1 Å². The Hall–Kier alpha value is -3.48. The minimum atomic E-state index is -0.428. The summed E-state index contributed by atoms with van der Waals surface area (Å²) in [6.45, 7) is 1.07. The van der Waals surface area contributed by atoms with E-state index < -0.39 is 5.97 Å². The van der Waals surface area contributed by atoms with E-state index in [0.717, 1.165) is 0 Å². The zero-order valence-corrected chi connectivity index (χ0v) is 15.1. The number of hydrogen-bond donors (Lipinski definition) is 2. The second-order valence-corrected chi connectivity index (χ2v) is 5.90. The van der Waals surface area contributed by atoms with Gasteiger partial charge in [0.05, 0.1) is 31.2 Å². The van der Waals surface area contributed by atoms with Gasteiger partial charge in [0.25, 0.3) is 5.91 Å². The van der Waals surface area contributed by atoms with Crippen LogP contribution in [0, 0.1) is 0 Å². The van der Waals surface area contributed by atoms with Crippen molar-refractivity contribution in [3.8, 4) is 11.5 Å². The molecule has 0 bridgehead atoms. The molecule has 0 aliphatic carbocycles. The Labute approximate surface area is 156 Å². The van der Waals surface area contributed by atoms with E-state index in [-0.39, 0.29) is 11.7 Å². The van der Waals surface area contributed by atoms with E-state index in [0.29, 0.717) is 41.3 Å². The Morgan fingerprint density at radius 3 is 2.70 bits per heavy atom. The Balaban J connectivity index is 1.80. The number of nitrogens with zero attached hydrogens (tertiary/aromatic N) is 1. The van der Waals surface area contributed by atoms with Crippen LogP contribution in [-0.4, -0.2) is 44.3 Å². The molecule has 0 saturated carbocycles. The number of phenolic OH excluding ortho intramolecular Hbond substituents is 1. The Morgan fingerprint density at radius 2 is 2.00 bits per heavy atom. The third-order valence-corrected chi connectivity index (χ3v) is 4.25. The molecule has 0 aromatic heterocycles. The molecule has 3 rings (SSSR count). The van der Waals surface area contributed by atoms with Crippen LogP contribution >= 0.6 is 0 Å². The molecule has 2 aromatic rings. The fraction of sp³-hybridized carbons (Fsp3) is 0.200. The average molecular weight is 368 g/mol. The molecule has 0 fully saturated rings. The maximum Gasteiger partial charge on any atom is 0.337 e. The Bertz CT molecular complexity index is 907. The maximum atomic E-state index is 12.6. The van der Waals surface area contributed by atoms with Gasteiger partial charge in [-0.25, -0.2) is 4.79 Å². The number of anilines is 2. The second-order valence-electron chi connectivity index (χ2n) is 5.90. The number of carbonyl (C=O) groups is 2. The molecule has 0 radical (unpaired) electrons. The molecule has 0 atom stereocenters. The van der Waals surface area contributed by atoms with E-state index in [2.05, 4.69) is 5.32 Å². The van der Waals surface area contributed by atoms with Crippen molar-refractivity contribution in [2.75, 3.05) is 37.5 Å². The van der Waals surface area contributed by atoms with Gasteiger partial charge in [-0.15, -0.1) is 0 Å². The Kier molecular flexibility index (Phi) is 5.30. The standard InChI is InChI=1S/C20H20N2O5/c1-26-18-7-3-13(11-17(18)23)4-8-19(24)22-10-9-21-15-12-14(20(25)27-2)5-6-16(15)22/h3-8,11-12,21,23H,9-10H2,1-2H3. The summed E-state index contributed by atoms with van der Waals surface area (Å²) < 4.78 is 9.73. The van der Waals surface area contributed by atoms with Crippen LogP contribution in [0.4, 0.5) is 11.4 Å². The van der Waals surface area contributed by atoms with Gasteiger partial charge in [0.2, 0.25) is 0 Å². The summed E-state index contributed by atoms with van der Waals surface area (Å²) in [4.78, 5) is 26.0. The first-order valence-electron chi connectivity index (χ1n) is 8.36. The lowest BCUT2D eigenvalue weighted by Crippen LogP contribution is -2.38. The van der Waals surface area contributed by atoms with Gasteiger partial charge in [0.15, 0.2) is 11.5 Å². The molecule has 27 heavy (non-hydrogen) atoms. The van der Waals surface area contributed by atoms with Crippen molar-refractivity contribution in [3.05, 3.63) is 53.6 Å². The number of ether oxygens (including phenoxy) is 2. The van der Waals surface area contributed by atoms with Crippen molar-refractivity contribution in [2.24, 2.45) is 0 Å². The van der Waals surface area contributed by atoms with E-state index in [1.54, 1.807) is 41.3 Å². The lowest BCUT2D eigenvalue weighted by atomic mass is 10.1. The largest absolute Gasteiger partial charge is 0.504 e. The average Bonchev–Trinajstić information content (AvgIpc) is 2.70. The molecule has 0 unspecified atom stereocenters. The number of amides is 1. The van der Waals surface area contributed by atoms with Gasteiger partial charge in [-0.05, 0) is 42.0 Å². The van der Waals surface area contributed by atoms with Gasteiger partial charge < -0.3 is 24.8 Å². The van der Waals surface area contributed by atoms with Crippen molar-refractivity contribution in [1.29, 1.82) is 0 Å². The predicted molar refractivity (Wildman–Crippen MR) is 102 cm³/mol. The number of nitrogens with one attached hydrogen (secondary N) is 1. The van der Waals surface area contributed by atoms with E-state index in [1.165, 1.54) is 26.4 Å². The number of carbonyl (C=O) groups excluding carboxylic acids is 2. The number of methoxy groups -OCH3 is 2. The van der Waals surface area contributed by atoms with Crippen LogP contribution in [0.1, 0.15) is 15.9 Å². The highest BCUT2D eigenvalue weighted by Crippen LogP contribution is 2.31. The zero-order valence-electron chi connectivity index (χ0n) is 15.1. The van der Waals surface area contributed by atoms with Crippen LogP contribution in [0.3, 0.4) is 0 Å². The number of fused-ring (bicyclic) bond motifs is 1. The van der Waals surface area contributed by atoms with Gasteiger partial charge in [-0.1, -0.05) is 6.07 Å². The fourth-order valence-corrected chi connectivity index (χ4v) is 2.88. The van der Waals surface area contributed by atoms with Gasteiger partial charge in [0.1, 0.15) is 0 Å². The predicted octanol–water partition coefficient (Wildman–Crippen LogP) is 2.66. The monoisotopic (exact) mass is 368 g/mol. The first kappa shape index (κ1) is 18.3. The minimum Gasteiger partial charge on any atom is -0.504 e. The van der Waals surface area contributed by atoms with Crippen molar-refractivity contribution in [2.45, 2.75) is 0 Å². The molecule has 2 N–H and O–H groups in total. The molecule has 0 spiro atoms. The molecule has 1 aliphatic rings. The van der Waals surface area contributed by atoms with Gasteiger partial charge >= 0.3 is 5.97 Å². The second kappa shape index (κ2) is 7.82. The number of aromatic hydroxyl groups is 1. The lowest BCUT2D eigenvalue weighted by molar-refractivity contribution is -0.114. The molecule has 1 heterocycles. The number of hydrogen-bond acceptors (Lipinski definition) is 6. The van der Waals surface area contributed by atoms with Crippen molar-refractivity contribution in [1.82, 2.24) is 0 Å². The number of phenols is 1. The van der Waals surface area contributed by atoms with Gasteiger partial charge in [-0.2, -0.15) is 0 Å². The molecular weight excluding hydrogens is 348 g/mol. The van der Waals surface area contributed by atoms with Crippen molar-refractivity contribution >= 4 is 29.3 Å². The van der Waals surface area contributed by atoms with Crippen molar-refractivity contribution in [3.63, 3.8) is 0 Å². The van der Waals surface area contributed by atoms with E-state index in [4.69, 9.17) is 9.47 Å². The summed E-state index contributed by atoms with van der Waals surface area (Å²) in [5, 5.41) is 13.0. The molecular formula is C20H20N2O5.